The Morgan fingerprint density at radius 2 is 2.29 bits per heavy atom. The van der Waals surface area contributed by atoms with Gasteiger partial charge in [-0.05, 0) is 30.9 Å². The van der Waals surface area contributed by atoms with Crippen LogP contribution in [0.3, 0.4) is 0 Å². The smallest absolute Gasteiger partial charge is 0.0894 e. The Morgan fingerprint density at radius 3 is 3.00 bits per heavy atom. The van der Waals surface area contributed by atoms with Crippen molar-refractivity contribution >= 4 is 0 Å². The third kappa shape index (κ3) is 2.71. The molecule has 0 saturated carbocycles. The Bertz CT molecular complexity index is 474. The summed E-state index contributed by atoms with van der Waals surface area (Å²) in [6.45, 7) is 1.46. The first-order valence-corrected chi connectivity index (χ1v) is 7.83. The van der Waals surface area contributed by atoms with Gasteiger partial charge >= 0.3 is 0 Å². The average Bonchev–Trinajstić information content (AvgIpc) is 2.56. The zero-order chi connectivity index (χ0) is 14.7. The van der Waals surface area contributed by atoms with Gasteiger partial charge in [0.05, 0.1) is 11.6 Å². The van der Waals surface area contributed by atoms with E-state index in [-0.39, 0.29) is 11.6 Å². The molecule has 2 atom stereocenters. The Labute approximate surface area is 126 Å². The van der Waals surface area contributed by atoms with E-state index in [9.17, 15) is 0 Å². The fraction of sp³-hybridized carbons (Fsp3) is 0.688. The molecule has 3 rings (SSSR count). The van der Waals surface area contributed by atoms with Crippen LogP contribution in [0.5, 0.6) is 0 Å². The molecule has 0 amide bonds. The van der Waals surface area contributed by atoms with Crippen molar-refractivity contribution in [3.8, 4) is 0 Å². The van der Waals surface area contributed by atoms with Crippen LogP contribution < -0.4 is 11.3 Å². The number of aromatic nitrogens is 1. The molecule has 0 spiro atoms. The summed E-state index contributed by atoms with van der Waals surface area (Å²) in [5.74, 6) is 6.26. The van der Waals surface area contributed by atoms with Crippen LogP contribution in [0, 0.1) is 0 Å². The second kappa shape index (κ2) is 6.40. The number of nitrogens with zero attached hydrogens (tertiary/aromatic N) is 1. The van der Waals surface area contributed by atoms with Gasteiger partial charge < -0.3 is 9.47 Å². The zero-order valence-electron chi connectivity index (χ0n) is 12.7. The second-order valence-corrected chi connectivity index (χ2v) is 6.07. The number of hydrazine groups is 1. The minimum absolute atomic E-state index is 0.0698. The van der Waals surface area contributed by atoms with Crippen LogP contribution in [0.25, 0.3) is 0 Å². The molecule has 0 aromatic carbocycles. The molecule has 1 aliphatic heterocycles. The summed E-state index contributed by atoms with van der Waals surface area (Å²) in [6.07, 6.45) is 7.02. The number of hydrogen-bond acceptors (Lipinski definition) is 5. The molecule has 1 saturated heterocycles. The number of methoxy groups -OCH3 is 1. The number of hydrogen-bond donors (Lipinski definition) is 2. The minimum Gasteiger partial charge on any atom is -0.381 e. The van der Waals surface area contributed by atoms with Crippen LogP contribution in [-0.4, -0.2) is 37.0 Å². The van der Waals surface area contributed by atoms with E-state index in [1.807, 2.05) is 12.3 Å². The SMILES string of the molecule is COC1(C(NN)C2CCCc3cccnc32)CCOCC1. The van der Waals surface area contributed by atoms with Crippen molar-refractivity contribution in [3.05, 3.63) is 29.6 Å². The molecule has 0 radical (unpaired) electrons. The van der Waals surface area contributed by atoms with Crippen LogP contribution in [0.2, 0.25) is 0 Å². The largest absolute Gasteiger partial charge is 0.381 e. The Kier molecular flexibility index (Phi) is 4.54. The van der Waals surface area contributed by atoms with Gasteiger partial charge in [-0.2, -0.15) is 0 Å². The normalized spacial score (nSPS) is 26.1. The zero-order valence-corrected chi connectivity index (χ0v) is 12.7. The lowest BCUT2D eigenvalue weighted by Crippen LogP contribution is -2.60. The lowest BCUT2D eigenvalue weighted by molar-refractivity contribution is -0.116. The van der Waals surface area contributed by atoms with E-state index >= 15 is 0 Å². The summed E-state index contributed by atoms with van der Waals surface area (Å²) in [4.78, 5) is 4.65. The van der Waals surface area contributed by atoms with Gasteiger partial charge in [0.25, 0.3) is 0 Å². The van der Waals surface area contributed by atoms with Gasteiger partial charge in [-0.3, -0.25) is 16.3 Å². The molecule has 1 aliphatic carbocycles. The van der Waals surface area contributed by atoms with Crippen molar-refractivity contribution in [2.24, 2.45) is 5.84 Å². The Morgan fingerprint density at radius 1 is 1.48 bits per heavy atom. The van der Waals surface area contributed by atoms with Crippen LogP contribution in [0.4, 0.5) is 0 Å². The van der Waals surface area contributed by atoms with Gasteiger partial charge in [-0.1, -0.05) is 6.07 Å². The van der Waals surface area contributed by atoms with Crippen molar-refractivity contribution < 1.29 is 9.47 Å². The van der Waals surface area contributed by atoms with Crippen molar-refractivity contribution in [2.45, 2.75) is 49.7 Å². The first-order valence-electron chi connectivity index (χ1n) is 7.83. The lowest BCUT2D eigenvalue weighted by Gasteiger charge is -2.46. The topological polar surface area (TPSA) is 69.4 Å². The van der Waals surface area contributed by atoms with E-state index in [2.05, 4.69) is 16.5 Å². The summed E-state index contributed by atoms with van der Waals surface area (Å²) in [5.41, 5.74) is 5.34. The maximum atomic E-state index is 5.95. The summed E-state index contributed by atoms with van der Waals surface area (Å²) in [5, 5.41) is 0. The minimum atomic E-state index is -0.260. The highest BCUT2D eigenvalue weighted by molar-refractivity contribution is 5.28. The third-order valence-corrected chi connectivity index (χ3v) is 5.13. The van der Waals surface area contributed by atoms with E-state index in [0.717, 1.165) is 38.9 Å². The van der Waals surface area contributed by atoms with E-state index in [0.29, 0.717) is 5.92 Å². The highest BCUT2D eigenvalue weighted by Gasteiger charge is 2.45. The molecule has 3 N–H and O–H groups in total. The first kappa shape index (κ1) is 14.9. The van der Waals surface area contributed by atoms with E-state index < -0.39 is 0 Å². The molecule has 1 aromatic heterocycles. The van der Waals surface area contributed by atoms with Crippen molar-refractivity contribution in [3.63, 3.8) is 0 Å². The molecule has 2 aliphatic rings. The van der Waals surface area contributed by atoms with Crippen LogP contribution >= 0.6 is 0 Å². The molecule has 0 bridgehead atoms. The fourth-order valence-electron chi connectivity index (χ4n) is 3.96. The predicted molar refractivity (Wildman–Crippen MR) is 80.8 cm³/mol. The quantitative estimate of drug-likeness (QED) is 0.650. The molecule has 5 heteroatoms. The fourth-order valence-corrected chi connectivity index (χ4v) is 3.96. The number of nitrogens with one attached hydrogen (secondary N) is 1. The molecular weight excluding hydrogens is 266 g/mol. The van der Waals surface area contributed by atoms with E-state index in [4.69, 9.17) is 15.3 Å². The molecule has 1 aromatic rings. The summed E-state index contributed by atoms with van der Waals surface area (Å²) in [6, 6.07) is 4.28. The maximum Gasteiger partial charge on any atom is 0.0894 e. The van der Waals surface area contributed by atoms with Crippen molar-refractivity contribution in [1.29, 1.82) is 0 Å². The monoisotopic (exact) mass is 291 g/mol. The van der Waals surface area contributed by atoms with E-state index in [1.54, 1.807) is 7.11 Å². The molecule has 2 unspecified atom stereocenters. The average molecular weight is 291 g/mol. The van der Waals surface area contributed by atoms with Crippen molar-refractivity contribution in [2.75, 3.05) is 20.3 Å². The summed E-state index contributed by atoms with van der Waals surface area (Å²) in [7, 11) is 1.79. The number of ether oxygens (including phenoxy) is 2. The maximum absolute atomic E-state index is 5.95. The highest BCUT2D eigenvalue weighted by Crippen LogP contribution is 2.40. The molecule has 5 nitrogen and oxygen atoms in total. The van der Waals surface area contributed by atoms with E-state index in [1.165, 1.54) is 17.7 Å². The number of aryl methyl sites for hydroxylation is 1. The van der Waals surface area contributed by atoms with Gasteiger partial charge in [0.1, 0.15) is 0 Å². The highest BCUT2D eigenvalue weighted by atomic mass is 16.5. The van der Waals surface area contributed by atoms with Crippen LogP contribution in [0.1, 0.15) is 42.9 Å². The summed E-state index contributed by atoms with van der Waals surface area (Å²) < 4.78 is 11.5. The van der Waals surface area contributed by atoms with Crippen molar-refractivity contribution in [1.82, 2.24) is 10.4 Å². The number of pyridine rings is 1. The lowest BCUT2D eigenvalue weighted by atomic mass is 9.73. The standard InChI is InChI=1S/C16H25N3O2/c1-20-16(7-10-21-11-8-16)15(19-17)13-6-2-4-12-5-3-9-18-14(12)13/h3,5,9,13,15,19H,2,4,6-8,10-11,17H2,1H3. The molecule has 21 heavy (non-hydrogen) atoms. The van der Waals surface area contributed by atoms with Gasteiger partial charge in [0, 0.05) is 51.0 Å². The number of rotatable bonds is 4. The Balaban J connectivity index is 1.93. The Hall–Kier alpha value is -1.01. The molecule has 1 fully saturated rings. The molecule has 2 heterocycles. The van der Waals surface area contributed by atoms with Gasteiger partial charge in [0.15, 0.2) is 0 Å². The third-order valence-electron chi connectivity index (χ3n) is 5.13. The predicted octanol–water partition coefficient (Wildman–Crippen LogP) is 1.53. The number of nitrogens with two attached hydrogens (primary N) is 1. The number of fused-ring (bicyclic) bond motifs is 1. The van der Waals surface area contributed by atoms with Crippen LogP contribution in [0.15, 0.2) is 18.3 Å². The molecule has 116 valence electrons. The molecular formula is C16H25N3O2. The second-order valence-electron chi connectivity index (χ2n) is 6.07. The summed E-state index contributed by atoms with van der Waals surface area (Å²) >= 11 is 0. The van der Waals surface area contributed by atoms with Gasteiger partial charge in [-0.25, -0.2) is 0 Å². The first-order chi connectivity index (χ1) is 10.3. The van der Waals surface area contributed by atoms with Gasteiger partial charge in [-0.15, -0.1) is 0 Å². The van der Waals surface area contributed by atoms with Gasteiger partial charge in [0.2, 0.25) is 0 Å². The van der Waals surface area contributed by atoms with Crippen LogP contribution in [-0.2, 0) is 15.9 Å².